The molecular weight excluding hydrogens is 202 g/mol. The number of aryl methyl sites for hydroxylation is 1. The van der Waals surface area contributed by atoms with Gasteiger partial charge in [0.25, 0.3) is 0 Å². The average Bonchev–Trinajstić information content (AvgIpc) is 2.26. The van der Waals surface area contributed by atoms with E-state index in [4.69, 9.17) is 5.84 Å². The van der Waals surface area contributed by atoms with E-state index >= 15 is 0 Å². The standard InChI is InChI=1S/C11H21N5/c1-4-5-9-14-10(13-7-8(2)3)6-11(15-9)16-12/h6,8H,4-5,7,12H2,1-3H3,(H2,13,14,15,16). The molecule has 1 aromatic rings. The number of hydrogen-bond acceptors (Lipinski definition) is 5. The van der Waals surface area contributed by atoms with Crippen molar-refractivity contribution in [3.8, 4) is 0 Å². The van der Waals surface area contributed by atoms with Crippen LogP contribution >= 0.6 is 0 Å². The van der Waals surface area contributed by atoms with E-state index in [-0.39, 0.29) is 0 Å². The Kier molecular flexibility index (Phi) is 4.98. The summed E-state index contributed by atoms with van der Waals surface area (Å²) in [7, 11) is 0. The van der Waals surface area contributed by atoms with Crippen LogP contribution in [-0.2, 0) is 6.42 Å². The maximum Gasteiger partial charge on any atom is 0.145 e. The largest absolute Gasteiger partial charge is 0.370 e. The summed E-state index contributed by atoms with van der Waals surface area (Å²) >= 11 is 0. The van der Waals surface area contributed by atoms with E-state index in [1.807, 2.05) is 6.07 Å². The summed E-state index contributed by atoms with van der Waals surface area (Å²) in [5.41, 5.74) is 2.56. The van der Waals surface area contributed by atoms with Gasteiger partial charge in [0, 0.05) is 19.0 Å². The van der Waals surface area contributed by atoms with E-state index < -0.39 is 0 Å². The quantitative estimate of drug-likeness (QED) is 0.506. The van der Waals surface area contributed by atoms with E-state index in [9.17, 15) is 0 Å². The fourth-order valence-electron chi connectivity index (χ4n) is 1.31. The molecule has 16 heavy (non-hydrogen) atoms. The molecule has 0 amide bonds. The number of rotatable bonds is 6. The number of nitrogens with two attached hydrogens (primary N) is 1. The van der Waals surface area contributed by atoms with Gasteiger partial charge in [-0.3, -0.25) is 0 Å². The van der Waals surface area contributed by atoms with Crippen LogP contribution in [0, 0.1) is 5.92 Å². The molecule has 5 heteroatoms. The predicted molar refractivity (Wildman–Crippen MR) is 67.2 cm³/mol. The minimum atomic E-state index is 0.582. The number of anilines is 2. The molecule has 0 saturated carbocycles. The van der Waals surface area contributed by atoms with Gasteiger partial charge in [-0.2, -0.15) is 0 Å². The number of nitrogen functional groups attached to an aromatic ring is 1. The molecule has 4 N–H and O–H groups in total. The number of nitrogens with zero attached hydrogens (tertiary/aromatic N) is 2. The van der Waals surface area contributed by atoms with Crippen LogP contribution in [-0.4, -0.2) is 16.5 Å². The first kappa shape index (κ1) is 12.7. The Morgan fingerprint density at radius 2 is 2.00 bits per heavy atom. The molecule has 0 radical (unpaired) electrons. The van der Waals surface area contributed by atoms with Gasteiger partial charge in [-0.05, 0) is 12.3 Å². The molecule has 1 heterocycles. The van der Waals surface area contributed by atoms with Crippen LogP contribution in [0.15, 0.2) is 6.07 Å². The normalized spacial score (nSPS) is 10.6. The Morgan fingerprint density at radius 3 is 2.56 bits per heavy atom. The van der Waals surface area contributed by atoms with E-state index in [1.54, 1.807) is 0 Å². The predicted octanol–water partition coefficient (Wildman–Crippen LogP) is 1.78. The monoisotopic (exact) mass is 223 g/mol. The summed E-state index contributed by atoms with van der Waals surface area (Å²) in [4.78, 5) is 8.71. The molecule has 0 atom stereocenters. The third kappa shape index (κ3) is 4.02. The van der Waals surface area contributed by atoms with Gasteiger partial charge in [0.15, 0.2) is 0 Å². The van der Waals surface area contributed by atoms with Gasteiger partial charge in [-0.25, -0.2) is 15.8 Å². The second-order valence-corrected chi connectivity index (χ2v) is 4.22. The summed E-state index contributed by atoms with van der Waals surface area (Å²) in [6, 6.07) is 1.82. The van der Waals surface area contributed by atoms with E-state index in [2.05, 4.69) is 41.5 Å². The fraction of sp³-hybridized carbons (Fsp3) is 0.636. The van der Waals surface area contributed by atoms with Crippen LogP contribution in [0.3, 0.4) is 0 Å². The zero-order valence-electron chi connectivity index (χ0n) is 10.2. The highest BCUT2D eigenvalue weighted by atomic mass is 15.3. The Balaban J connectivity index is 2.77. The molecule has 0 aliphatic heterocycles. The fourth-order valence-corrected chi connectivity index (χ4v) is 1.31. The zero-order chi connectivity index (χ0) is 12.0. The maximum atomic E-state index is 5.37. The van der Waals surface area contributed by atoms with Gasteiger partial charge in [0.1, 0.15) is 17.5 Å². The first-order valence-electron chi connectivity index (χ1n) is 5.74. The highest BCUT2D eigenvalue weighted by Gasteiger charge is 2.03. The van der Waals surface area contributed by atoms with E-state index in [0.717, 1.165) is 31.0 Å². The second-order valence-electron chi connectivity index (χ2n) is 4.22. The molecule has 0 aromatic carbocycles. The molecular formula is C11H21N5. The van der Waals surface area contributed by atoms with Gasteiger partial charge in [-0.1, -0.05) is 20.8 Å². The first-order chi connectivity index (χ1) is 7.65. The summed E-state index contributed by atoms with van der Waals surface area (Å²) in [6.45, 7) is 7.31. The third-order valence-electron chi connectivity index (χ3n) is 2.09. The van der Waals surface area contributed by atoms with Crippen LogP contribution in [0.5, 0.6) is 0 Å². The van der Waals surface area contributed by atoms with Gasteiger partial charge >= 0.3 is 0 Å². The van der Waals surface area contributed by atoms with Gasteiger partial charge < -0.3 is 10.7 Å². The number of aromatic nitrogens is 2. The van der Waals surface area contributed by atoms with Crippen molar-refractivity contribution in [2.45, 2.75) is 33.6 Å². The number of hydrazine groups is 1. The molecule has 90 valence electrons. The van der Waals surface area contributed by atoms with Crippen molar-refractivity contribution in [1.82, 2.24) is 9.97 Å². The number of nitrogens with one attached hydrogen (secondary N) is 2. The molecule has 1 aromatic heterocycles. The van der Waals surface area contributed by atoms with Crippen molar-refractivity contribution in [2.24, 2.45) is 11.8 Å². The lowest BCUT2D eigenvalue weighted by Gasteiger charge is -2.10. The van der Waals surface area contributed by atoms with E-state index in [0.29, 0.717) is 11.7 Å². The SMILES string of the molecule is CCCc1nc(NN)cc(NCC(C)C)n1. The van der Waals surface area contributed by atoms with Crippen molar-refractivity contribution in [3.63, 3.8) is 0 Å². The molecule has 0 unspecified atom stereocenters. The van der Waals surface area contributed by atoms with Gasteiger partial charge in [0.05, 0.1) is 0 Å². The lowest BCUT2D eigenvalue weighted by atomic mass is 10.2. The maximum absolute atomic E-state index is 5.37. The Bertz CT molecular complexity index is 324. The molecule has 0 aliphatic rings. The first-order valence-corrected chi connectivity index (χ1v) is 5.74. The van der Waals surface area contributed by atoms with Crippen LogP contribution in [0.25, 0.3) is 0 Å². The summed E-state index contributed by atoms with van der Waals surface area (Å²) in [6.07, 6.45) is 1.89. The Labute approximate surface area is 96.8 Å². The number of hydrogen-bond donors (Lipinski definition) is 3. The molecule has 0 aliphatic carbocycles. The topological polar surface area (TPSA) is 75.9 Å². The minimum Gasteiger partial charge on any atom is -0.370 e. The van der Waals surface area contributed by atoms with Crippen LogP contribution in [0.2, 0.25) is 0 Å². The zero-order valence-corrected chi connectivity index (χ0v) is 10.2. The molecule has 5 nitrogen and oxygen atoms in total. The average molecular weight is 223 g/mol. The van der Waals surface area contributed by atoms with Gasteiger partial charge in [-0.15, -0.1) is 0 Å². The van der Waals surface area contributed by atoms with Crippen molar-refractivity contribution in [2.75, 3.05) is 17.3 Å². The highest BCUT2D eigenvalue weighted by Crippen LogP contribution is 2.12. The Morgan fingerprint density at radius 1 is 1.31 bits per heavy atom. The lowest BCUT2D eigenvalue weighted by Crippen LogP contribution is -2.14. The molecule has 0 bridgehead atoms. The van der Waals surface area contributed by atoms with E-state index in [1.165, 1.54) is 0 Å². The van der Waals surface area contributed by atoms with Crippen molar-refractivity contribution in [3.05, 3.63) is 11.9 Å². The molecule has 0 saturated heterocycles. The minimum absolute atomic E-state index is 0.582. The van der Waals surface area contributed by atoms with Crippen molar-refractivity contribution < 1.29 is 0 Å². The second kappa shape index (κ2) is 6.27. The van der Waals surface area contributed by atoms with Gasteiger partial charge in [0.2, 0.25) is 0 Å². The summed E-state index contributed by atoms with van der Waals surface area (Å²) in [5.74, 6) is 8.27. The highest BCUT2D eigenvalue weighted by molar-refractivity contribution is 5.46. The van der Waals surface area contributed by atoms with Crippen LogP contribution in [0.1, 0.15) is 33.0 Å². The third-order valence-corrected chi connectivity index (χ3v) is 2.09. The van der Waals surface area contributed by atoms with Crippen LogP contribution < -0.4 is 16.6 Å². The summed E-state index contributed by atoms with van der Waals surface area (Å²) in [5, 5.41) is 3.27. The van der Waals surface area contributed by atoms with Crippen LogP contribution in [0.4, 0.5) is 11.6 Å². The lowest BCUT2D eigenvalue weighted by molar-refractivity contribution is 0.685. The smallest absolute Gasteiger partial charge is 0.145 e. The van der Waals surface area contributed by atoms with Crippen molar-refractivity contribution >= 4 is 11.6 Å². The van der Waals surface area contributed by atoms with Crippen molar-refractivity contribution in [1.29, 1.82) is 0 Å². The summed E-state index contributed by atoms with van der Waals surface area (Å²) < 4.78 is 0. The molecule has 1 rings (SSSR count). The molecule has 0 fully saturated rings. The Hall–Kier alpha value is -1.36. The molecule has 0 spiro atoms.